The first-order valence-corrected chi connectivity index (χ1v) is 9.58. The molecule has 0 fully saturated rings. The van der Waals surface area contributed by atoms with Gasteiger partial charge >= 0.3 is 0 Å². The maximum Gasteiger partial charge on any atom is 0.192 e. The number of pyridine rings is 1. The van der Waals surface area contributed by atoms with Crippen LogP contribution in [0.4, 0.5) is 15.8 Å². The molecule has 2 aromatic carbocycles. The van der Waals surface area contributed by atoms with E-state index in [4.69, 9.17) is 20.9 Å². The molecule has 1 aromatic heterocycles. The van der Waals surface area contributed by atoms with Crippen LogP contribution in [0.3, 0.4) is 0 Å². The van der Waals surface area contributed by atoms with Crippen molar-refractivity contribution in [1.82, 2.24) is 4.98 Å². The molecule has 0 aliphatic carbocycles. The molecule has 27 heavy (non-hydrogen) atoms. The van der Waals surface area contributed by atoms with Gasteiger partial charge in [0.05, 0.1) is 17.6 Å². The van der Waals surface area contributed by atoms with Gasteiger partial charge in [-0.2, -0.15) is 0 Å². The summed E-state index contributed by atoms with van der Waals surface area (Å²) in [5, 5.41) is -0.0884. The van der Waals surface area contributed by atoms with Gasteiger partial charge in [0.2, 0.25) is 0 Å². The van der Waals surface area contributed by atoms with Crippen molar-refractivity contribution in [2.75, 3.05) is 17.7 Å². The maximum absolute atomic E-state index is 13.9. The highest BCUT2D eigenvalue weighted by molar-refractivity contribution is 7.90. The van der Waals surface area contributed by atoms with Crippen LogP contribution in [0.15, 0.2) is 59.8 Å². The molecule has 3 aromatic rings. The molecule has 0 amide bonds. The lowest BCUT2D eigenvalue weighted by Crippen LogP contribution is -2.01. The lowest BCUT2D eigenvalue weighted by atomic mass is 10.2. The predicted octanol–water partition coefficient (Wildman–Crippen LogP) is 3.37. The highest BCUT2D eigenvalue weighted by atomic mass is 32.2. The number of nitrogens with two attached hydrogens (primary N) is 2. The summed E-state index contributed by atoms with van der Waals surface area (Å²) in [6.07, 6.45) is 2.30. The minimum Gasteiger partial charge on any atom is -0.452 e. The van der Waals surface area contributed by atoms with Gasteiger partial charge in [0, 0.05) is 18.4 Å². The largest absolute Gasteiger partial charge is 0.452 e. The molecule has 9 heteroatoms. The second-order valence-corrected chi connectivity index (χ2v) is 7.63. The summed E-state index contributed by atoms with van der Waals surface area (Å²) in [6, 6.07) is 11.4. The molecule has 3 rings (SSSR count). The van der Waals surface area contributed by atoms with Gasteiger partial charge in [0.1, 0.15) is 5.75 Å². The SMILES string of the molecule is CS(=O)(=O)c1ccc(Oc2cc(N)c(N)cc2Oc2ccccc2F)cn1. The van der Waals surface area contributed by atoms with E-state index >= 15 is 0 Å². The molecule has 0 atom stereocenters. The molecule has 0 spiro atoms. The average molecular weight is 389 g/mol. The Balaban J connectivity index is 1.95. The Morgan fingerprint density at radius 2 is 1.56 bits per heavy atom. The fourth-order valence-electron chi connectivity index (χ4n) is 2.17. The van der Waals surface area contributed by atoms with Crippen LogP contribution in [0, 0.1) is 5.82 Å². The van der Waals surface area contributed by atoms with Gasteiger partial charge in [-0.25, -0.2) is 17.8 Å². The van der Waals surface area contributed by atoms with Crippen molar-refractivity contribution in [3.63, 3.8) is 0 Å². The summed E-state index contributed by atoms with van der Waals surface area (Å²) in [7, 11) is -3.43. The number of nitrogen functional groups attached to an aromatic ring is 2. The van der Waals surface area contributed by atoms with Crippen LogP contribution in [0.25, 0.3) is 0 Å². The smallest absolute Gasteiger partial charge is 0.192 e. The van der Waals surface area contributed by atoms with E-state index in [1.807, 2.05) is 0 Å². The zero-order chi connectivity index (χ0) is 19.6. The molecule has 0 radical (unpaired) electrons. The van der Waals surface area contributed by atoms with Gasteiger partial charge in [-0.15, -0.1) is 0 Å². The van der Waals surface area contributed by atoms with Crippen molar-refractivity contribution in [2.24, 2.45) is 0 Å². The van der Waals surface area contributed by atoms with Gasteiger partial charge in [0.25, 0.3) is 0 Å². The van der Waals surface area contributed by atoms with E-state index in [2.05, 4.69) is 4.98 Å². The van der Waals surface area contributed by atoms with E-state index in [-0.39, 0.29) is 39.4 Å². The standard InChI is InChI=1S/C18H16FN3O4S/c1-27(23,24)18-7-6-11(10-22-18)25-16-8-13(20)14(21)9-17(16)26-15-5-3-2-4-12(15)19/h2-10H,20-21H2,1H3. The van der Waals surface area contributed by atoms with Crippen molar-refractivity contribution in [3.05, 3.63) is 60.5 Å². The monoisotopic (exact) mass is 389 g/mol. The first kappa shape index (κ1) is 18.5. The fraction of sp³-hybridized carbons (Fsp3) is 0.0556. The zero-order valence-electron chi connectivity index (χ0n) is 14.2. The highest BCUT2D eigenvalue weighted by Crippen LogP contribution is 2.39. The second-order valence-electron chi connectivity index (χ2n) is 5.67. The Morgan fingerprint density at radius 1 is 0.926 bits per heavy atom. The van der Waals surface area contributed by atoms with Crippen molar-refractivity contribution in [1.29, 1.82) is 0 Å². The number of rotatable bonds is 5. The van der Waals surface area contributed by atoms with E-state index in [1.54, 1.807) is 6.07 Å². The Hall–Kier alpha value is -3.33. The molecule has 4 N–H and O–H groups in total. The number of sulfone groups is 1. The Kier molecular flexibility index (Phi) is 4.87. The molecular weight excluding hydrogens is 373 g/mol. The molecule has 7 nitrogen and oxygen atoms in total. The quantitative estimate of drug-likeness (QED) is 0.642. The van der Waals surface area contributed by atoms with Crippen LogP contribution < -0.4 is 20.9 Å². The third-order valence-electron chi connectivity index (χ3n) is 3.52. The summed E-state index contributed by atoms with van der Waals surface area (Å²) in [5.74, 6) is -0.0297. The first-order chi connectivity index (χ1) is 12.7. The van der Waals surface area contributed by atoms with Gasteiger partial charge < -0.3 is 20.9 Å². The lowest BCUT2D eigenvalue weighted by Gasteiger charge is -2.14. The minimum absolute atomic E-state index is 0.0166. The molecule has 0 unspecified atom stereocenters. The van der Waals surface area contributed by atoms with Crippen LogP contribution in [0.5, 0.6) is 23.0 Å². The first-order valence-electron chi connectivity index (χ1n) is 7.69. The summed E-state index contributed by atoms with van der Waals surface area (Å²) >= 11 is 0. The maximum atomic E-state index is 13.9. The summed E-state index contributed by atoms with van der Waals surface area (Å²) < 4.78 is 48.1. The van der Waals surface area contributed by atoms with E-state index in [0.29, 0.717) is 0 Å². The third kappa shape index (κ3) is 4.26. The molecule has 0 bridgehead atoms. The number of anilines is 2. The number of ether oxygens (including phenoxy) is 2. The van der Waals surface area contributed by atoms with E-state index in [1.165, 1.54) is 48.7 Å². The number of hydrogen-bond acceptors (Lipinski definition) is 7. The predicted molar refractivity (Wildman–Crippen MR) is 99.2 cm³/mol. The minimum atomic E-state index is -3.43. The van der Waals surface area contributed by atoms with E-state index in [9.17, 15) is 12.8 Å². The number of para-hydroxylation sites is 1. The van der Waals surface area contributed by atoms with Crippen LogP contribution in [0.2, 0.25) is 0 Å². The van der Waals surface area contributed by atoms with Gasteiger partial charge in [-0.05, 0) is 24.3 Å². The van der Waals surface area contributed by atoms with Gasteiger partial charge in [-0.3, -0.25) is 0 Å². The number of hydrogen-bond donors (Lipinski definition) is 2. The fourth-order valence-corrected chi connectivity index (χ4v) is 2.73. The van der Waals surface area contributed by atoms with Gasteiger partial charge in [0.15, 0.2) is 37.9 Å². The Bertz CT molecular complexity index is 1090. The number of benzene rings is 2. The van der Waals surface area contributed by atoms with Gasteiger partial charge in [-0.1, -0.05) is 12.1 Å². The van der Waals surface area contributed by atoms with E-state index < -0.39 is 15.7 Å². The molecule has 0 aliphatic heterocycles. The normalized spacial score (nSPS) is 11.2. The summed E-state index contributed by atoms with van der Waals surface area (Å²) in [4.78, 5) is 3.84. The molecule has 0 saturated heterocycles. The summed E-state index contributed by atoms with van der Waals surface area (Å²) in [6.45, 7) is 0. The molecule has 140 valence electrons. The average Bonchev–Trinajstić information content (AvgIpc) is 2.61. The van der Waals surface area contributed by atoms with Crippen molar-refractivity contribution < 1.29 is 22.3 Å². The zero-order valence-corrected chi connectivity index (χ0v) is 15.0. The topological polar surface area (TPSA) is 118 Å². The van der Waals surface area contributed by atoms with Crippen LogP contribution in [-0.2, 0) is 9.84 Å². The van der Waals surface area contributed by atoms with Crippen molar-refractivity contribution in [2.45, 2.75) is 5.03 Å². The lowest BCUT2D eigenvalue weighted by molar-refractivity contribution is 0.401. The van der Waals surface area contributed by atoms with Crippen LogP contribution >= 0.6 is 0 Å². The van der Waals surface area contributed by atoms with Crippen molar-refractivity contribution in [3.8, 4) is 23.0 Å². The molecule has 1 heterocycles. The number of halogens is 1. The van der Waals surface area contributed by atoms with E-state index in [0.717, 1.165) is 6.26 Å². The molecule has 0 aliphatic rings. The third-order valence-corrected chi connectivity index (χ3v) is 4.52. The van der Waals surface area contributed by atoms with Crippen molar-refractivity contribution >= 4 is 21.2 Å². The Labute approximate surface area is 155 Å². The van der Waals surface area contributed by atoms with Crippen LogP contribution in [-0.4, -0.2) is 19.7 Å². The number of aromatic nitrogens is 1. The number of nitrogens with zero attached hydrogens (tertiary/aromatic N) is 1. The second kappa shape index (κ2) is 7.12. The Morgan fingerprint density at radius 3 is 2.11 bits per heavy atom. The van der Waals surface area contributed by atoms with Crippen LogP contribution in [0.1, 0.15) is 0 Å². The molecule has 0 saturated carbocycles. The highest BCUT2D eigenvalue weighted by Gasteiger charge is 2.14. The molecular formula is C18H16FN3O4S. The summed E-state index contributed by atoms with van der Waals surface area (Å²) in [5.41, 5.74) is 12.1.